The van der Waals surface area contributed by atoms with Gasteiger partial charge in [-0.15, -0.1) is 18.6 Å². The Hall–Kier alpha value is 0.553. The molecular weight excluding hydrogens is 268 g/mol. The number of allylic oxidation sites excluding steroid dienone is 4. The van der Waals surface area contributed by atoms with Gasteiger partial charge >= 0.3 is 34.5 Å². The van der Waals surface area contributed by atoms with Gasteiger partial charge in [0, 0.05) is 0 Å². The molecule has 0 aliphatic heterocycles. The van der Waals surface area contributed by atoms with Gasteiger partial charge in [0.15, 0.2) is 0 Å². The molecule has 0 bridgehead atoms. The standard InChI is InChI=1S/C8H11.2ClH.Ru/c1-2-4-6-8-7-5-3-1;;;/h1-5H,6-8H2;2*1H;/q-1;;;+2/p-2/b2-1-,5-3-;;;. The molecule has 0 radical (unpaired) electrons. The zero-order valence-electron chi connectivity index (χ0n) is 6.12. The topological polar surface area (TPSA) is 0 Å². The molecule has 1 aliphatic carbocycles. The van der Waals surface area contributed by atoms with E-state index in [4.69, 9.17) is 19.4 Å². The zero-order valence-corrected chi connectivity index (χ0v) is 9.37. The van der Waals surface area contributed by atoms with Gasteiger partial charge in [-0.05, 0) is 6.42 Å². The van der Waals surface area contributed by atoms with Crippen molar-refractivity contribution in [3.8, 4) is 0 Å². The molecule has 0 aromatic carbocycles. The van der Waals surface area contributed by atoms with Crippen molar-refractivity contribution in [2.75, 3.05) is 0 Å². The van der Waals surface area contributed by atoms with E-state index in [1.54, 1.807) is 0 Å². The molecule has 0 atom stereocenters. The fourth-order valence-corrected chi connectivity index (χ4v) is 0.767. The molecule has 0 unspecified atom stereocenters. The Labute approximate surface area is 84.3 Å². The Bertz CT molecular complexity index is 107. The third-order valence-electron chi connectivity index (χ3n) is 1.24. The van der Waals surface area contributed by atoms with Gasteiger partial charge in [0.2, 0.25) is 0 Å². The average Bonchev–Trinajstić information content (AvgIpc) is 1.86. The summed E-state index contributed by atoms with van der Waals surface area (Å²) in [6, 6.07) is 0. The van der Waals surface area contributed by atoms with Crippen LogP contribution in [0.25, 0.3) is 0 Å². The van der Waals surface area contributed by atoms with Crippen LogP contribution >= 0.6 is 19.4 Å². The molecule has 0 fully saturated rings. The molecule has 0 aromatic rings. The van der Waals surface area contributed by atoms with Crippen molar-refractivity contribution in [2.45, 2.75) is 19.3 Å². The fourth-order valence-electron chi connectivity index (χ4n) is 0.767. The summed E-state index contributed by atoms with van der Waals surface area (Å²) in [6.45, 7) is 0. The molecule has 0 nitrogen and oxygen atoms in total. The van der Waals surface area contributed by atoms with Crippen LogP contribution in [0.3, 0.4) is 0 Å². The van der Waals surface area contributed by atoms with Crippen molar-refractivity contribution in [3.05, 3.63) is 30.7 Å². The molecule has 1 rings (SSSR count). The van der Waals surface area contributed by atoms with E-state index in [0.29, 0.717) is 0 Å². The molecule has 1 aliphatic rings. The van der Waals surface area contributed by atoms with Crippen molar-refractivity contribution < 1.29 is 15.1 Å². The Morgan fingerprint density at radius 2 is 2.00 bits per heavy atom. The van der Waals surface area contributed by atoms with E-state index in [0.717, 1.165) is 0 Å². The van der Waals surface area contributed by atoms with Gasteiger partial charge in [0.05, 0.1) is 0 Å². The number of hydrogen-bond acceptors (Lipinski definition) is 0. The average molecular weight is 279 g/mol. The first-order chi connectivity index (χ1) is 5.41. The van der Waals surface area contributed by atoms with E-state index in [1.807, 2.05) is 0 Å². The maximum atomic E-state index is 4.85. The van der Waals surface area contributed by atoms with Gasteiger partial charge in [0.1, 0.15) is 0 Å². The van der Waals surface area contributed by atoms with Crippen molar-refractivity contribution in [2.24, 2.45) is 0 Å². The monoisotopic (exact) mass is 279 g/mol. The molecule has 0 spiro atoms. The van der Waals surface area contributed by atoms with Gasteiger partial charge in [-0.25, -0.2) is 18.6 Å². The summed E-state index contributed by atoms with van der Waals surface area (Å²) < 4.78 is 0. The van der Waals surface area contributed by atoms with E-state index in [9.17, 15) is 0 Å². The van der Waals surface area contributed by atoms with Crippen molar-refractivity contribution in [3.63, 3.8) is 0 Å². The summed E-state index contributed by atoms with van der Waals surface area (Å²) in [6.07, 6.45) is 14.5. The molecule has 0 saturated heterocycles. The second-order valence-electron chi connectivity index (χ2n) is 2.03. The summed E-state index contributed by atoms with van der Waals surface area (Å²) in [5, 5.41) is 0. The van der Waals surface area contributed by atoms with Gasteiger partial charge in [-0.1, -0.05) is 6.42 Å². The molecular formula is C8H11Cl2Ru-. The van der Waals surface area contributed by atoms with Crippen molar-refractivity contribution >= 4 is 19.4 Å². The van der Waals surface area contributed by atoms with E-state index in [1.165, 1.54) is 19.3 Å². The molecule has 0 amide bonds. The van der Waals surface area contributed by atoms with Crippen LogP contribution in [-0.2, 0) is 15.1 Å². The quantitative estimate of drug-likeness (QED) is 0.466. The Kier molecular flexibility index (Phi) is 11.1. The Morgan fingerprint density at radius 1 is 1.27 bits per heavy atom. The van der Waals surface area contributed by atoms with Gasteiger partial charge in [-0.3, -0.25) is 0 Å². The maximum absolute atomic E-state index is 4.85. The van der Waals surface area contributed by atoms with E-state index < -0.39 is 0 Å². The van der Waals surface area contributed by atoms with Gasteiger partial charge in [-0.2, -0.15) is 0 Å². The summed E-state index contributed by atoms with van der Waals surface area (Å²) >= 11 is -0.346. The van der Waals surface area contributed by atoms with Crippen LogP contribution < -0.4 is 0 Å². The molecule has 0 heterocycles. The van der Waals surface area contributed by atoms with Gasteiger partial charge in [0.25, 0.3) is 0 Å². The third-order valence-corrected chi connectivity index (χ3v) is 1.24. The first-order valence-corrected chi connectivity index (χ1v) is 7.89. The molecule has 66 valence electrons. The first-order valence-electron chi connectivity index (χ1n) is 3.42. The predicted molar refractivity (Wildman–Crippen MR) is 48.1 cm³/mol. The Balaban J connectivity index is 0.000000292. The van der Waals surface area contributed by atoms with Crippen LogP contribution in [0, 0.1) is 6.42 Å². The molecule has 0 aromatic heterocycles. The second-order valence-corrected chi connectivity index (χ2v) is 4.67. The molecule has 11 heavy (non-hydrogen) atoms. The molecule has 0 N–H and O–H groups in total. The van der Waals surface area contributed by atoms with E-state index in [2.05, 4.69) is 30.7 Å². The molecule has 0 saturated carbocycles. The van der Waals surface area contributed by atoms with Crippen LogP contribution in [0.1, 0.15) is 19.3 Å². The van der Waals surface area contributed by atoms with Crippen LogP contribution in [0.4, 0.5) is 0 Å². The van der Waals surface area contributed by atoms with Gasteiger partial charge < -0.3 is 0 Å². The van der Waals surface area contributed by atoms with Crippen LogP contribution in [-0.4, -0.2) is 0 Å². The minimum atomic E-state index is -0.346. The van der Waals surface area contributed by atoms with Crippen LogP contribution in [0.5, 0.6) is 0 Å². The zero-order chi connectivity index (χ0) is 8.36. The summed E-state index contributed by atoms with van der Waals surface area (Å²) in [5.41, 5.74) is 0. The second kappa shape index (κ2) is 10.6. The number of halogens is 2. The van der Waals surface area contributed by atoms with E-state index >= 15 is 0 Å². The SMILES string of the molecule is C1=C\[CH-]CCC\C=C/1.[Cl][Ru][Cl]. The molecule has 3 heteroatoms. The van der Waals surface area contributed by atoms with Crippen molar-refractivity contribution in [1.29, 1.82) is 0 Å². The predicted octanol–water partition coefficient (Wildman–Crippen LogP) is 3.86. The summed E-state index contributed by atoms with van der Waals surface area (Å²) in [5.74, 6) is 0. The van der Waals surface area contributed by atoms with E-state index in [-0.39, 0.29) is 15.1 Å². The number of hydrogen-bond donors (Lipinski definition) is 0. The van der Waals surface area contributed by atoms with Crippen LogP contribution in [0.2, 0.25) is 0 Å². The first kappa shape index (κ1) is 11.6. The normalized spacial score (nSPS) is 21.6. The third kappa shape index (κ3) is 10.6. The Morgan fingerprint density at radius 3 is 2.73 bits per heavy atom. The summed E-state index contributed by atoms with van der Waals surface area (Å²) in [4.78, 5) is 0. The van der Waals surface area contributed by atoms with Crippen molar-refractivity contribution in [1.82, 2.24) is 0 Å². The van der Waals surface area contributed by atoms with Crippen LogP contribution in [0.15, 0.2) is 24.3 Å². The fraction of sp³-hybridized carbons (Fsp3) is 0.375. The number of rotatable bonds is 0. The summed E-state index contributed by atoms with van der Waals surface area (Å²) in [7, 11) is 9.71. The minimum absolute atomic E-state index is 0.346.